The molecule has 1 atom stereocenters. The molecule has 1 aromatic carbocycles. The van der Waals surface area contributed by atoms with E-state index >= 15 is 0 Å². The van der Waals surface area contributed by atoms with Crippen LogP contribution in [0, 0.1) is 5.92 Å². The Morgan fingerprint density at radius 2 is 2.14 bits per heavy atom. The molecular weight excluding hydrogens is 178 g/mol. The number of benzene rings is 1. The molecule has 1 heterocycles. The van der Waals surface area contributed by atoms with Crippen LogP contribution in [0.25, 0.3) is 0 Å². The number of hydrogen-bond acceptors (Lipinski definition) is 2. The minimum Gasteiger partial charge on any atom is -0.508 e. The molecule has 3 heteroatoms. The Morgan fingerprint density at radius 3 is 2.79 bits per heavy atom. The van der Waals surface area contributed by atoms with Gasteiger partial charge in [0.25, 0.3) is 5.91 Å². The van der Waals surface area contributed by atoms with Gasteiger partial charge in [0.1, 0.15) is 5.75 Å². The highest BCUT2D eigenvalue weighted by atomic mass is 16.3. The fourth-order valence-corrected chi connectivity index (χ4v) is 1.84. The van der Waals surface area contributed by atoms with E-state index in [0.717, 1.165) is 5.56 Å². The predicted molar refractivity (Wildman–Crippen MR) is 53.2 cm³/mol. The first-order chi connectivity index (χ1) is 6.59. The van der Waals surface area contributed by atoms with Crippen molar-refractivity contribution in [3.63, 3.8) is 0 Å². The largest absolute Gasteiger partial charge is 0.508 e. The van der Waals surface area contributed by atoms with Crippen molar-refractivity contribution in [2.45, 2.75) is 19.9 Å². The first kappa shape index (κ1) is 9.06. The van der Waals surface area contributed by atoms with Crippen molar-refractivity contribution in [2.24, 2.45) is 5.92 Å². The molecule has 74 valence electrons. The van der Waals surface area contributed by atoms with Crippen molar-refractivity contribution in [3.8, 4) is 5.75 Å². The number of fused-ring (bicyclic) bond motifs is 1. The maximum atomic E-state index is 11.5. The average molecular weight is 191 g/mol. The van der Waals surface area contributed by atoms with E-state index in [1.807, 2.05) is 13.8 Å². The summed E-state index contributed by atoms with van der Waals surface area (Å²) in [5.41, 5.74) is 1.59. The van der Waals surface area contributed by atoms with Crippen molar-refractivity contribution >= 4 is 5.91 Å². The van der Waals surface area contributed by atoms with Crippen LogP contribution in [0.15, 0.2) is 18.2 Å². The van der Waals surface area contributed by atoms with Gasteiger partial charge in [0, 0.05) is 5.56 Å². The van der Waals surface area contributed by atoms with Crippen LogP contribution in [0.3, 0.4) is 0 Å². The Hall–Kier alpha value is -1.51. The summed E-state index contributed by atoms with van der Waals surface area (Å²) in [6.07, 6.45) is 0. The highest BCUT2D eigenvalue weighted by molar-refractivity contribution is 5.99. The average Bonchev–Trinajstić information content (AvgIpc) is 2.43. The minimum atomic E-state index is -0.0429. The maximum Gasteiger partial charge on any atom is 0.252 e. The molecule has 3 nitrogen and oxygen atoms in total. The molecular formula is C11H13NO2. The molecule has 1 aromatic rings. The Kier molecular flexibility index (Phi) is 1.95. The lowest BCUT2D eigenvalue weighted by Crippen LogP contribution is -2.22. The van der Waals surface area contributed by atoms with E-state index in [0.29, 0.717) is 11.5 Å². The van der Waals surface area contributed by atoms with E-state index in [1.54, 1.807) is 18.2 Å². The number of phenols is 1. The summed E-state index contributed by atoms with van der Waals surface area (Å²) >= 11 is 0. The zero-order valence-electron chi connectivity index (χ0n) is 8.24. The summed E-state index contributed by atoms with van der Waals surface area (Å²) in [6.45, 7) is 4.09. The Bertz CT molecular complexity index is 385. The van der Waals surface area contributed by atoms with Crippen molar-refractivity contribution in [1.29, 1.82) is 0 Å². The standard InChI is InChI=1S/C11H13NO2/c1-6(2)10-9-5-7(13)3-4-8(9)11(14)12-10/h3-6,10,13H,1-2H3,(H,12,14). The number of hydrogen-bond donors (Lipinski definition) is 2. The number of rotatable bonds is 1. The zero-order chi connectivity index (χ0) is 10.3. The van der Waals surface area contributed by atoms with E-state index in [4.69, 9.17) is 0 Å². The molecule has 1 unspecified atom stereocenters. The minimum absolute atomic E-state index is 0.0320. The van der Waals surface area contributed by atoms with Crippen molar-refractivity contribution < 1.29 is 9.90 Å². The van der Waals surface area contributed by atoms with E-state index < -0.39 is 0 Å². The molecule has 0 aliphatic carbocycles. The Morgan fingerprint density at radius 1 is 1.43 bits per heavy atom. The van der Waals surface area contributed by atoms with E-state index in [1.165, 1.54) is 0 Å². The summed E-state index contributed by atoms with van der Waals surface area (Å²) in [6, 6.07) is 4.91. The number of carbonyl (C=O) groups excluding carboxylic acids is 1. The van der Waals surface area contributed by atoms with E-state index in [-0.39, 0.29) is 17.7 Å². The molecule has 14 heavy (non-hydrogen) atoms. The van der Waals surface area contributed by atoms with Crippen molar-refractivity contribution in [1.82, 2.24) is 5.32 Å². The van der Waals surface area contributed by atoms with Crippen LogP contribution in [0.2, 0.25) is 0 Å². The van der Waals surface area contributed by atoms with Crippen LogP contribution in [-0.4, -0.2) is 11.0 Å². The van der Waals surface area contributed by atoms with Crippen LogP contribution in [0.5, 0.6) is 5.75 Å². The summed E-state index contributed by atoms with van der Waals surface area (Å²) in [7, 11) is 0. The molecule has 2 rings (SSSR count). The topological polar surface area (TPSA) is 49.3 Å². The second-order valence-electron chi connectivity index (χ2n) is 3.97. The van der Waals surface area contributed by atoms with Gasteiger partial charge in [0.05, 0.1) is 6.04 Å². The molecule has 0 radical (unpaired) electrons. The molecule has 1 aliphatic rings. The van der Waals surface area contributed by atoms with Gasteiger partial charge in [-0.3, -0.25) is 4.79 Å². The van der Waals surface area contributed by atoms with E-state index in [2.05, 4.69) is 5.32 Å². The molecule has 0 saturated carbocycles. The molecule has 0 saturated heterocycles. The molecule has 1 aliphatic heterocycles. The molecule has 0 bridgehead atoms. The summed E-state index contributed by atoms with van der Waals surface area (Å²) in [5.74, 6) is 0.506. The number of nitrogens with one attached hydrogen (secondary N) is 1. The lowest BCUT2D eigenvalue weighted by Gasteiger charge is -2.15. The number of aromatic hydroxyl groups is 1. The molecule has 0 aromatic heterocycles. The molecule has 1 amide bonds. The highest BCUT2D eigenvalue weighted by Crippen LogP contribution is 2.32. The summed E-state index contributed by atoms with van der Waals surface area (Å²) < 4.78 is 0. The van der Waals surface area contributed by atoms with Gasteiger partial charge in [-0.15, -0.1) is 0 Å². The Labute approximate surface area is 82.8 Å². The third-order valence-corrected chi connectivity index (χ3v) is 2.57. The lowest BCUT2D eigenvalue weighted by atomic mass is 9.96. The van der Waals surface area contributed by atoms with Gasteiger partial charge in [-0.1, -0.05) is 13.8 Å². The maximum absolute atomic E-state index is 11.5. The molecule has 0 fully saturated rings. The summed E-state index contributed by atoms with van der Waals surface area (Å²) in [5, 5.41) is 12.2. The van der Waals surface area contributed by atoms with Gasteiger partial charge in [0.15, 0.2) is 0 Å². The van der Waals surface area contributed by atoms with Gasteiger partial charge in [-0.2, -0.15) is 0 Å². The monoisotopic (exact) mass is 191 g/mol. The first-order valence-corrected chi connectivity index (χ1v) is 4.73. The number of phenolic OH excluding ortho intramolecular Hbond substituents is 1. The quantitative estimate of drug-likeness (QED) is 0.711. The second-order valence-corrected chi connectivity index (χ2v) is 3.97. The number of carbonyl (C=O) groups is 1. The van der Waals surface area contributed by atoms with Crippen molar-refractivity contribution in [3.05, 3.63) is 29.3 Å². The van der Waals surface area contributed by atoms with Gasteiger partial charge in [-0.05, 0) is 29.7 Å². The SMILES string of the molecule is CC(C)C1NC(=O)c2ccc(O)cc21. The van der Waals surface area contributed by atoms with Crippen LogP contribution >= 0.6 is 0 Å². The van der Waals surface area contributed by atoms with Crippen LogP contribution in [0.4, 0.5) is 0 Å². The highest BCUT2D eigenvalue weighted by Gasteiger charge is 2.30. The van der Waals surface area contributed by atoms with Crippen LogP contribution in [0.1, 0.15) is 35.8 Å². The second kappa shape index (κ2) is 3.01. The lowest BCUT2D eigenvalue weighted by molar-refractivity contribution is 0.0949. The smallest absolute Gasteiger partial charge is 0.252 e. The first-order valence-electron chi connectivity index (χ1n) is 4.73. The fourth-order valence-electron chi connectivity index (χ4n) is 1.84. The van der Waals surface area contributed by atoms with Crippen LogP contribution in [-0.2, 0) is 0 Å². The van der Waals surface area contributed by atoms with E-state index in [9.17, 15) is 9.90 Å². The third kappa shape index (κ3) is 1.25. The van der Waals surface area contributed by atoms with Gasteiger partial charge in [0.2, 0.25) is 0 Å². The molecule has 0 spiro atoms. The Balaban J connectivity index is 2.51. The summed E-state index contributed by atoms with van der Waals surface area (Å²) in [4.78, 5) is 11.5. The van der Waals surface area contributed by atoms with Crippen molar-refractivity contribution in [2.75, 3.05) is 0 Å². The fraction of sp³-hybridized carbons (Fsp3) is 0.364. The predicted octanol–water partition coefficient (Wildman–Crippen LogP) is 1.83. The zero-order valence-corrected chi connectivity index (χ0v) is 8.24. The normalized spacial score (nSPS) is 19.6. The van der Waals surface area contributed by atoms with Gasteiger partial charge in [-0.25, -0.2) is 0 Å². The van der Waals surface area contributed by atoms with Gasteiger partial charge >= 0.3 is 0 Å². The van der Waals surface area contributed by atoms with Crippen LogP contribution < -0.4 is 5.32 Å². The van der Waals surface area contributed by atoms with Gasteiger partial charge < -0.3 is 10.4 Å². The molecule has 2 N–H and O–H groups in total. The third-order valence-electron chi connectivity index (χ3n) is 2.57. The number of amides is 1.